The summed E-state index contributed by atoms with van der Waals surface area (Å²) in [4.78, 5) is 0. The van der Waals surface area contributed by atoms with Gasteiger partial charge in [-0.05, 0) is 0 Å². The van der Waals surface area contributed by atoms with Gasteiger partial charge in [0.05, 0.1) is 19.1 Å². The first-order valence-electron chi connectivity index (χ1n) is 4.11. The summed E-state index contributed by atoms with van der Waals surface area (Å²) in [6, 6.07) is 0. The Bertz CT molecular complexity index is 211. The Morgan fingerprint density at radius 3 is 2.67 bits per heavy atom. The summed E-state index contributed by atoms with van der Waals surface area (Å²) in [5.74, 6) is -0.378. The van der Waals surface area contributed by atoms with Gasteiger partial charge in [0.15, 0.2) is 0 Å². The fourth-order valence-corrected chi connectivity index (χ4v) is 1.68. The smallest absolute Gasteiger partial charge is 0.138 e. The summed E-state index contributed by atoms with van der Waals surface area (Å²) in [6.45, 7) is 3.11. The van der Waals surface area contributed by atoms with Gasteiger partial charge in [-0.3, -0.25) is 0 Å². The van der Waals surface area contributed by atoms with Crippen molar-refractivity contribution >= 4 is 5.90 Å². The minimum Gasteiger partial charge on any atom is -0.856 e. The zero-order chi connectivity index (χ0) is 8.60. The van der Waals surface area contributed by atoms with Crippen molar-refractivity contribution in [3.63, 3.8) is 0 Å². The molecule has 1 N–H and O–H groups in total. The first-order valence-corrected chi connectivity index (χ1v) is 4.11. The number of ether oxygens (including phenoxy) is 1. The van der Waals surface area contributed by atoms with Crippen LogP contribution in [0.2, 0.25) is 0 Å². The Labute approximate surface area is 70.5 Å². The van der Waals surface area contributed by atoms with Crippen LogP contribution in [0.25, 0.3) is 0 Å². The van der Waals surface area contributed by atoms with Crippen molar-refractivity contribution in [1.82, 2.24) is 0 Å². The van der Waals surface area contributed by atoms with Crippen LogP contribution in [-0.4, -0.2) is 54.5 Å². The average Bonchev–Trinajstić information content (AvgIpc) is 2.29. The molecule has 2 aliphatic rings. The van der Waals surface area contributed by atoms with Gasteiger partial charge < -0.3 is 14.9 Å². The fourth-order valence-electron chi connectivity index (χ4n) is 1.68. The number of rotatable bonds is 0. The van der Waals surface area contributed by atoms with E-state index in [2.05, 4.69) is 5.10 Å². The number of nitrogens with zero attached hydrogens (tertiary/aromatic N) is 2. The maximum atomic E-state index is 11.0. The van der Waals surface area contributed by atoms with Gasteiger partial charge in [-0.25, -0.2) is 0 Å². The third-order valence-electron chi connectivity index (χ3n) is 2.41. The van der Waals surface area contributed by atoms with E-state index in [0.29, 0.717) is 37.4 Å². The van der Waals surface area contributed by atoms with Crippen molar-refractivity contribution < 1.29 is 19.5 Å². The van der Waals surface area contributed by atoms with Crippen molar-refractivity contribution in [3.8, 4) is 0 Å². The topological polar surface area (TPSA) is 64.9 Å². The lowest BCUT2D eigenvalue weighted by molar-refractivity contribution is -0.938. The molecule has 0 radical (unpaired) electrons. The van der Waals surface area contributed by atoms with Gasteiger partial charge in [0.1, 0.15) is 25.7 Å². The molecule has 1 atom stereocenters. The summed E-state index contributed by atoms with van der Waals surface area (Å²) in [5.41, 5.74) is 0. The lowest BCUT2D eigenvalue weighted by atomic mass is 10.3. The summed E-state index contributed by atoms with van der Waals surface area (Å²) in [5, 5.41) is 24.1. The van der Waals surface area contributed by atoms with Crippen LogP contribution < -0.4 is 5.11 Å². The number of aliphatic hydroxyl groups excluding tert-OH is 1. The Hall–Kier alpha value is -0.650. The highest BCUT2D eigenvalue weighted by Gasteiger charge is 2.38. The zero-order valence-electron chi connectivity index (χ0n) is 6.77. The van der Waals surface area contributed by atoms with Crippen LogP contribution in [-0.2, 0) is 4.74 Å². The largest absolute Gasteiger partial charge is 0.856 e. The van der Waals surface area contributed by atoms with E-state index in [9.17, 15) is 10.2 Å². The van der Waals surface area contributed by atoms with Crippen LogP contribution in [0.3, 0.4) is 0 Å². The first-order chi connectivity index (χ1) is 5.72. The molecule has 2 rings (SSSR count). The zero-order valence-corrected chi connectivity index (χ0v) is 6.77. The highest BCUT2D eigenvalue weighted by Crippen LogP contribution is 2.18. The van der Waals surface area contributed by atoms with Crippen molar-refractivity contribution in [2.45, 2.75) is 6.10 Å². The molecule has 0 aliphatic carbocycles. The Morgan fingerprint density at radius 2 is 2.17 bits per heavy atom. The highest BCUT2D eigenvalue weighted by molar-refractivity contribution is 5.76. The van der Waals surface area contributed by atoms with Crippen LogP contribution in [0.4, 0.5) is 0 Å². The molecule has 12 heavy (non-hydrogen) atoms. The second kappa shape index (κ2) is 2.69. The van der Waals surface area contributed by atoms with E-state index < -0.39 is 6.10 Å². The lowest BCUT2D eigenvalue weighted by Crippen LogP contribution is -2.51. The molecule has 1 fully saturated rings. The third-order valence-corrected chi connectivity index (χ3v) is 2.41. The molecule has 0 saturated carbocycles. The Balaban J connectivity index is 2.12. The van der Waals surface area contributed by atoms with Crippen LogP contribution in [0, 0.1) is 0 Å². The van der Waals surface area contributed by atoms with E-state index >= 15 is 0 Å². The first kappa shape index (κ1) is 7.97. The summed E-state index contributed by atoms with van der Waals surface area (Å²) >= 11 is 0. The molecule has 0 bridgehead atoms. The Kier molecular flexibility index (Phi) is 1.79. The van der Waals surface area contributed by atoms with E-state index in [1.165, 1.54) is 0 Å². The van der Waals surface area contributed by atoms with Gasteiger partial charge in [0.2, 0.25) is 0 Å². The maximum absolute atomic E-state index is 11.0. The van der Waals surface area contributed by atoms with E-state index in [-0.39, 0.29) is 5.90 Å². The van der Waals surface area contributed by atoms with Crippen LogP contribution in [0.15, 0.2) is 5.10 Å². The molecule has 5 nitrogen and oxygen atoms in total. The minimum absolute atomic E-state index is 0.375. The number of morpholine rings is 1. The standard InChI is InChI=1S/C7H12N2O3/c10-6-5-9(8-7(6)11)1-3-12-4-2-9/h6,10H,1-5H2. The maximum Gasteiger partial charge on any atom is 0.138 e. The van der Waals surface area contributed by atoms with E-state index in [1.54, 1.807) is 0 Å². The van der Waals surface area contributed by atoms with Crippen LogP contribution in [0.1, 0.15) is 0 Å². The predicted octanol–water partition coefficient (Wildman–Crippen LogP) is -2.12. The van der Waals surface area contributed by atoms with Crippen LogP contribution in [0.5, 0.6) is 0 Å². The lowest BCUT2D eigenvalue weighted by Gasteiger charge is -2.32. The number of quaternary nitrogens is 1. The molecule has 5 heteroatoms. The summed E-state index contributed by atoms with van der Waals surface area (Å²) in [6.07, 6.45) is -0.886. The molecule has 0 aromatic heterocycles. The van der Waals surface area contributed by atoms with E-state index in [4.69, 9.17) is 4.74 Å². The molecule has 2 heterocycles. The predicted molar refractivity (Wildman–Crippen MR) is 39.1 cm³/mol. The third kappa shape index (κ3) is 1.20. The van der Waals surface area contributed by atoms with Gasteiger partial charge in [0.25, 0.3) is 0 Å². The quantitative estimate of drug-likeness (QED) is 0.425. The fraction of sp³-hybridized carbons (Fsp3) is 0.857. The molecular weight excluding hydrogens is 160 g/mol. The van der Waals surface area contributed by atoms with Gasteiger partial charge in [0, 0.05) is 0 Å². The van der Waals surface area contributed by atoms with Crippen molar-refractivity contribution in [1.29, 1.82) is 0 Å². The molecular formula is C7H12N2O3. The number of hydrogen-bond donors (Lipinski definition) is 1. The molecule has 1 saturated heterocycles. The molecule has 68 valence electrons. The number of aliphatic hydroxyl groups is 1. The van der Waals surface area contributed by atoms with Gasteiger partial charge in [-0.15, -0.1) is 0 Å². The van der Waals surface area contributed by atoms with Gasteiger partial charge >= 0.3 is 0 Å². The van der Waals surface area contributed by atoms with Crippen LogP contribution >= 0.6 is 0 Å². The van der Waals surface area contributed by atoms with E-state index in [0.717, 1.165) is 0 Å². The summed E-state index contributed by atoms with van der Waals surface area (Å²) < 4.78 is 5.53. The summed E-state index contributed by atoms with van der Waals surface area (Å²) in [7, 11) is 0. The Morgan fingerprint density at radius 1 is 1.50 bits per heavy atom. The molecule has 1 unspecified atom stereocenters. The average molecular weight is 172 g/mol. The van der Waals surface area contributed by atoms with Gasteiger partial charge in [-0.1, -0.05) is 5.10 Å². The van der Waals surface area contributed by atoms with E-state index in [1.807, 2.05) is 0 Å². The highest BCUT2D eigenvalue weighted by atomic mass is 16.5. The normalized spacial score (nSPS) is 33.8. The van der Waals surface area contributed by atoms with Gasteiger partial charge in [-0.2, -0.15) is 4.59 Å². The van der Waals surface area contributed by atoms with Crippen molar-refractivity contribution in [3.05, 3.63) is 0 Å². The van der Waals surface area contributed by atoms with Crippen molar-refractivity contribution in [2.75, 3.05) is 32.8 Å². The molecule has 2 aliphatic heterocycles. The van der Waals surface area contributed by atoms with Crippen molar-refractivity contribution in [2.24, 2.45) is 5.10 Å². The molecule has 0 aromatic carbocycles. The molecule has 0 aromatic rings. The second-order valence-corrected chi connectivity index (χ2v) is 3.29. The molecule has 1 spiro atoms. The minimum atomic E-state index is -0.886. The second-order valence-electron chi connectivity index (χ2n) is 3.29. The SMILES string of the molecule is [O-]C1=N[N+]2(CCOCC2)CC1O. The molecule has 0 amide bonds. The number of hydrogen-bond acceptors (Lipinski definition) is 4. The monoisotopic (exact) mass is 172 g/mol.